The van der Waals surface area contributed by atoms with Crippen LogP contribution in [0.5, 0.6) is 0 Å². The van der Waals surface area contributed by atoms with E-state index in [1.807, 2.05) is 24.3 Å². The zero-order valence-corrected chi connectivity index (χ0v) is 11.2. The number of methoxy groups -OCH3 is 1. The molecule has 0 bridgehead atoms. The molecule has 0 saturated heterocycles. The number of hydrogen-bond acceptors (Lipinski definition) is 2. The summed E-state index contributed by atoms with van der Waals surface area (Å²) in [4.78, 5) is 11.8. The summed E-state index contributed by atoms with van der Waals surface area (Å²) in [7, 11) is 1.65. The van der Waals surface area contributed by atoms with E-state index < -0.39 is 5.82 Å². The van der Waals surface area contributed by atoms with Crippen molar-refractivity contribution in [1.29, 1.82) is 0 Å². The highest BCUT2D eigenvalue weighted by Gasteiger charge is 2.05. The second-order valence-electron chi connectivity index (χ2n) is 4.44. The fraction of sp³-hybridized carbons (Fsp3) is 0.188. The highest BCUT2D eigenvalue weighted by Crippen LogP contribution is 2.07. The number of benzene rings is 2. The van der Waals surface area contributed by atoms with Crippen LogP contribution in [0.2, 0.25) is 0 Å². The molecule has 0 aliphatic rings. The van der Waals surface area contributed by atoms with Gasteiger partial charge in [0.25, 0.3) is 5.91 Å². The second-order valence-corrected chi connectivity index (χ2v) is 4.44. The molecule has 2 rings (SSSR count). The first-order chi connectivity index (χ1) is 9.69. The van der Waals surface area contributed by atoms with E-state index in [0.29, 0.717) is 18.7 Å². The van der Waals surface area contributed by atoms with Crippen LogP contribution in [0.25, 0.3) is 0 Å². The lowest BCUT2D eigenvalue weighted by Crippen LogP contribution is -2.22. The minimum absolute atomic E-state index is 0.287. The SMILES string of the molecule is COCc1ccc(CNC(=O)c2cccc(F)c2)cc1. The zero-order chi connectivity index (χ0) is 14.4. The van der Waals surface area contributed by atoms with Gasteiger partial charge in [-0.25, -0.2) is 4.39 Å². The average molecular weight is 273 g/mol. The van der Waals surface area contributed by atoms with Gasteiger partial charge in [0.2, 0.25) is 0 Å². The Morgan fingerprint density at radius 1 is 1.15 bits per heavy atom. The van der Waals surface area contributed by atoms with Gasteiger partial charge in [-0.3, -0.25) is 4.79 Å². The monoisotopic (exact) mass is 273 g/mol. The fourth-order valence-electron chi connectivity index (χ4n) is 1.83. The Morgan fingerprint density at radius 2 is 1.85 bits per heavy atom. The van der Waals surface area contributed by atoms with Crippen molar-refractivity contribution in [3.05, 3.63) is 71.0 Å². The second kappa shape index (κ2) is 6.82. The van der Waals surface area contributed by atoms with E-state index in [2.05, 4.69) is 5.32 Å². The summed E-state index contributed by atoms with van der Waals surface area (Å²) < 4.78 is 18.0. The number of carbonyl (C=O) groups excluding carboxylic acids is 1. The van der Waals surface area contributed by atoms with Gasteiger partial charge in [-0.05, 0) is 29.3 Å². The molecule has 2 aromatic carbocycles. The number of amides is 1. The van der Waals surface area contributed by atoms with Crippen LogP contribution < -0.4 is 5.32 Å². The predicted octanol–water partition coefficient (Wildman–Crippen LogP) is 2.90. The fourth-order valence-corrected chi connectivity index (χ4v) is 1.83. The third-order valence-electron chi connectivity index (χ3n) is 2.87. The summed E-state index contributed by atoms with van der Waals surface area (Å²) in [6.45, 7) is 0.971. The molecule has 20 heavy (non-hydrogen) atoms. The quantitative estimate of drug-likeness (QED) is 0.909. The number of hydrogen-bond donors (Lipinski definition) is 1. The van der Waals surface area contributed by atoms with E-state index in [1.165, 1.54) is 18.2 Å². The van der Waals surface area contributed by atoms with E-state index in [1.54, 1.807) is 13.2 Å². The van der Waals surface area contributed by atoms with Crippen LogP contribution >= 0.6 is 0 Å². The molecule has 0 atom stereocenters. The molecule has 0 fully saturated rings. The lowest BCUT2D eigenvalue weighted by molar-refractivity contribution is 0.0950. The van der Waals surface area contributed by atoms with Gasteiger partial charge in [-0.15, -0.1) is 0 Å². The van der Waals surface area contributed by atoms with E-state index in [-0.39, 0.29) is 5.91 Å². The molecule has 104 valence electrons. The minimum atomic E-state index is -0.415. The first-order valence-corrected chi connectivity index (χ1v) is 6.29. The van der Waals surface area contributed by atoms with Crippen molar-refractivity contribution in [3.8, 4) is 0 Å². The molecule has 0 heterocycles. The molecule has 2 aromatic rings. The van der Waals surface area contributed by atoms with Crippen LogP contribution in [0.15, 0.2) is 48.5 Å². The van der Waals surface area contributed by atoms with Gasteiger partial charge in [-0.2, -0.15) is 0 Å². The maximum absolute atomic E-state index is 13.0. The lowest BCUT2D eigenvalue weighted by atomic mass is 10.1. The molecule has 3 nitrogen and oxygen atoms in total. The molecule has 4 heteroatoms. The van der Waals surface area contributed by atoms with E-state index in [0.717, 1.165) is 11.1 Å². The molecule has 0 aliphatic heterocycles. The van der Waals surface area contributed by atoms with Gasteiger partial charge in [0.05, 0.1) is 6.61 Å². The van der Waals surface area contributed by atoms with Crippen molar-refractivity contribution in [2.45, 2.75) is 13.2 Å². The van der Waals surface area contributed by atoms with E-state index in [4.69, 9.17) is 4.74 Å². The van der Waals surface area contributed by atoms with Crippen LogP contribution in [0.3, 0.4) is 0 Å². The molecular weight excluding hydrogens is 257 g/mol. The van der Waals surface area contributed by atoms with Crippen molar-refractivity contribution in [1.82, 2.24) is 5.32 Å². The average Bonchev–Trinajstić information content (AvgIpc) is 2.46. The summed E-state index contributed by atoms with van der Waals surface area (Å²) in [6.07, 6.45) is 0. The first kappa shape index (κ1) is 14.2. The summed E-state index contributed by atoms with van der Waals surface area (Å²) in [5, 5.41) is 2.76. The Morgan fingerprint density at radius 3 is 2.50 bits per heavy atom. The number of rotatable bonds is 5. The maximum Gasteiger partial charge on any atom is 0.251 e. The zero-order valence-electron chi connectivity index (χ0n) is 11.2. The van der Waals surface area contributed by atoms with Crippen molar-refractivity contribution < 1.29 is 13.9 Å². The Hall–Kier alpha value is -2.20. The Bertz CT molecular complexity index is 581. The van der Waals surface area contributed by atoms with Gasteiger partial charge in [0.1, 0.15) is 5.82 Å². The van der Waals surface area contributed by atoms with Crippen molar-refractivity contribution in [2.24, 2.45) is 0 Å². The molecule has 1 N–H and O–H groups in total. The Kier molecular flexibility index (Phi) is 4.85. The molecule has 0 saturated carbocycles. The third-order valence-corrected chi connectivity index (χ3v) is 2.87. The van der Waals surface area contributed by atoms with Gasteiger partial charge in [-0.1, -0.05) is 30.3 Å². The third kappa shape index (κ3) is 3.90. The Labute approximate surface area is 117 Å². The molecule has 0 aliphatic carbocycles. The van der Waals surface area contributed by atoms with Crippen molar-refractivity contribution in [3.63, 3.8) is 0 Å². The lowest BCUT2D eigenvalue weighted by Gasteiger charge is -2.06. The van der Waals surface area contributed by atoms with Gasteiger partial charge >= 0.3 is 0 Å². The Balaban J connectivity index is 1.93. The van der Waals surface area contributed by atoms with Gasteiger partial charge in [0, 0.05) is 19.2 Å². The van der Waals surface area contributed by atoms with Crippen LogP contribution in [-0.2, 0) is 17.9 Å². The molecule has 0 unspecified atom stereocenters. The molecule has 1 amide bonds. The highest BCUT2D eigenvalue weighted by atomic mass is 19.1. The first-order valence-electron chi connectivity index (χ1n) is 6.29. The summed E-state index contributed by atoms with van der Waals surface area (Å²) in [6, 6.07) is 13.4. The van der Waals surface area contributed by atoms with Crippen LogP contribution in [0.4, 0.5) is 4.39 Å². The summed E-state index contributed by atoms with van der Waals surface area (Å²) in [5.41, 5.74) is 2.38. The highest BCUT2D eigenvalue weighted by molar-refractivity contribution is 5.94. The van der Waals surface area contributed by atoms with Gasteiger partial charge in [0.15, 0.2) is 0 Å². The van der Waals surface area contributed by atoms with E-state index >= 15 is 0 Å². The standard InChI is InChI=1S/C16H16FNO2/c1-20-11-13-7-5-12(6-8-13)10-18-16(19)14-3-2-4-15(17)9-14/h2-9H,10-11H2,1H3,(H,18,19). The van der Waals surface area contributed by atoms with Crippen LogP contribution in [0.1, 0.15) is 21.5 Å². The molecule has 0 spiro atoms. The van der Waals surface area contributed by atoms with Crippen LogP contribution in [-0.4, -0.2) is 13.0 Å². The van der Waals surface area contributed by atoms with Crippen LogP contribution in [0, 0.1) is 5.82 Å². The molecule has 0 radical (unpaired) electrons. The topological polar surface area (TPSA) is 38.3 Å². The van der Waals surface area contributed by atoms with Crippen molar-refractivity contribution in [2.75, 3.05) is 7.11 Å². The number of ether oxygens (including phenoxy) is 1. The van der Waals surface area contributed by atoms with E-state index in [9.17, 15) is 9.18 Å². The number of halogens is 1. The predicted molar refractivity (Wildman–Crippen MR) is 74.7 cm³/mol. The van der Waals surface area contributed by atoms with Gasteiger partial charge < -0.3 is 10.1 Å². The smallest absolute Gasteiger partial charge is 0.251 e. The molecular formula is C16H16FNO2. The summed E-state index contributed by atoms with van der Waals surface area (Å²) in [5.74, 6) is -0.702. The largest absolute Gasteiger partial charge is 0.380 e. The van der Waals surface area contributed by atoms with Crippen molar-refractivity contribution >= 4 is 5.91 Å². The maximum atomic E-state index is 13.0. The number of nitrogens with one attached hydrogen (secondary N) is 1. The summed E-state index contributed by atoms with van der Waals surface area (Å²) >= 11 is 0. The number of carbonyl (C=O) groups is 1. The normalized spacial score (nSPS) is 10.3. The molecule has 0 aromatic heterocycles. The minimum Gasteiger partial charge on any atom is -0.380 e.